The first-order valence-corrected chi connectivity index (χ1v) is 10.9. The van der Waals surface area contributed by atoms with Crippen molar-refractivity contribution < 1.29 is 33.3 Å². The molecule has 0 aliphatic carbocycles. The molecule has 9 nitrogen and oxygen atoms in total. The highest BCUT2D eigenvalue weighted by atomic mass is 35.5. The molecule has 1 aromatic rings. The maximum atomic E-state index is 12.7. The summed E-state index contributed by atoms with van der Waals surface area (Å²) >= 11 is 6.22. The number of halogens is 1. The van der Waals surface area contributed by atoms with E-state index in [0.29, 0.717) is 35.3 Å². The number of rotatable bonds is 6. The van der Waals surface area contributed by atoms with Gasteiger partial charge in [-0.15, -0.1) is 0 Å². The molecular weight excluding hydrogens is 440 g/mol. The summed E-state index contributed by atoms with van der Waals surface area (Å²) in [7, 11) is 2.95. The number of morpholine rings is 1. The molecule has 10 heteroatoms. The van der Waals surface area contributed by atoms with Crippen LogP contribution in [0.3, 0.4) is 0 Å². The Hall–Kier alpha value is -2.52. The molecule has 32 heavy (non-hydrogen) atoms. The lowest BCUT2D eigenvalue weighted by Gasteiger charge is -2.36. The van der Waals surface area contributed by atoms with Gasteiger partial charge in [0, 0.05) is 32.1 Å². The highest BCUT2D eigenvalue weighted by molar-refractivity contribution is 6.32. The quantitative estimate of drug-likeness (QED) is 0.591. The van der Waals surface area contributed by atoms with E-state index in [1.807, 2.05) is 13.8 Å². The number of nitrogens with zero attached hydrogens (tertiary/aromatic N) is 2. The first kappa shape index (κ1) is 24.1. The highest BCUT2D eigenvalue weighted by Crippen LogP contribution is 2.40. The zero-order valence-corrected chi connectivity index (χ0v) is 19.7. The number of amides is 2. The number of methoxy groups -OCH3 is 2. The Morgan fingerprint density at radius 3 is 2.31 bits per heavy atom. The van der Waals surface area contributed by atoms with Crippen LogP contribution in [-0.4, -0.2) is 74.8 Å². The predicted octanol–water partition coefficient (Wildman–Crippen LogP) is 2.28. The molecule has 2 aliphatic heterocycles. The van der Waals surface area contributed by atoms with Gasteiger partial charge in [0.05, 0.1) is 43.1 Å². The molecule has 2 fully saturated rings. The number of anilines is 1. The number of carbonyl (C=O) groups excluding carboxylic acids is 3. The van der Waals surface area contributed by atoms with Crippen molar-refractivity contribution >= 4 is 35.1 Å². The molecule has 0 radical (unpaired) electrons. The van der Waals surface area contributed by atoms with Gasteiger partial charge >= 0.3 is 5.97 Å². The van der Waals surface area contributed by atoms with Gasteiger partial charge < -0.3 is 28.7 Å². The summed E-state index contributed by atoms with van der Waals surface area (Å²) in [4.78, 5) is 41.2. The Bertz CT molecular complexity index is 883. The molecular formula is C22H29ClN2O7. The second-order valence-electron chi connectivity index (χ2n) is 8.14. The molecule has 3 rings (SSSR count). The van der Waals surface area contributed by atoms with Crippen molar-refractivity contribution in [3.05, 3.63) is 17.2 Å². The van der Waals surface area contributed by atoms with Crippen molar-refractivity contribution in [1.82, 2.24) is 4.90 Å². The fourth-order valence-electron chi connectivity index (χ4n) is 4.09. The third kappa shape index (κ3) is 5.10. The number of benzene rings is 1. The molecule has 2 aliphatic rings. The fraction of sp³-hybridized carbons (Fsp3) is 0.591. The van der Waals surface area contributed by atoms with Gasteiger partial charge in [-0.1, -0.05) is 11.6 Å². The molecule has 2 saturated heterocycles. The smallest absolute Gasteiger partial charge is 0.312 e. The number of hydrogen-bond donors (Lipinski definition) is 0. The van der Waals surface area contributed by atoms with E-state index in [2.05, 4.69) is 0 Å². The van der Waals surface area contributed by atoms with Crippen LogP contribution in [0.5, 0.6) is 11.5 Å². The van der Waals surface area contributed by atoms with Gasteiger partial charge in [-0.05, 0) is 26.8 Å². The Balaban J connectivity index is 1.66. The first-order valence-electron chi connectivity index (χ1n) is 10.5. The van der Waals surface area contributed by atoms with Crippen LogP contribution in [0.4, 0.5) is 5.69 Å². The minimum atomic E-state index is -0.950. The SMILES string of the molecule is COc1cc(OC)c(N2C[C@H](C(=O)O[C@@H](C)C(=O)N3C[C@@H](C)O[C@@H](C)C3)CC2=O)cc1Cl. The summed E-state index contributed by atoms with van der Waals surface area (Å²) in [5.74, 6) is -1.02. The minimum absolute atomic E-state index is 0.0296. The van der Waals surface area contributed by atoms with Gasteiger partial charge in [0.1, 0.15) is 11.5 Å². The van der Waals surface area contributed by atoms with Crippen molar-refractivity contribution in [2.45, 2.75) is 45.5 Å². The van der Waals surface area contributed by atoms with E-state index in [0.717, 1.165) is 0 Å². The Morgan fingerprint density at radius 2 is 1.72 bits per heavy atom. The predicted molar refractivity (Wildman–Crippen MR) is 117 cm³/mol. The fourth-order valence-corrected chi connectivity index (χ4v) is 4.32. The van der Waals surface area contributed by atoms with E-state index in [-0.39, 0.29) is 37.0 Å². The number of esters is 1. The van der Waals surface area contributed by atoms with Gasteiger partial charge in [-0.3, -0.25) is 14.4 Å². The summed E-state index contributed by atoms with van der Waals surface area (Å²) in [5.41, 5.74) is 0.444. The molecule has 4 atom stereocenters. The lowest BCUT2D eigenvalue weighted by Crippen LogP contribution is -2.51. The Kier molecular flexibility index (Phi) is 7.51. The summed E-state index contributed by atoms with van der Waals surface area (Å²) in [6.45, 7) is 6.32. The maximum Gasteiger partial charge on any atom is 0.312 e. The van der Waals surface area contributed by atoms with Crippen LogP contribution in [0, 0.1) is 5.92 Å². The van der Waals surface area contributed by atoms with Crippen molar-refractivity contribution in [3.8, 4) is 11.5 Å². The van der Waals surface area contributed by atoms with Gasteiger partial charge in [-0.2, -0.15) is 0 Å². The van der Waals surface area contributed by atoms with Crippen LogP contribution in [0.2, 0.25) is 5.02 Å². The minimum Gasteiger partial charge on any atom is -0.495 e. The van der Waals surface area contributed by atoms with E-state index in [1.165, 1.54) is 19.1 Å². The van der Waals surface area contributed by atoms with Crippen molar-refractivity contribution in [2.24, 2.45) is 5.92 Å². The number of carbonyl (C=O) groups is 3. The molecule has 0 spiro atoms. The molecule has 0 aromatic heterocycles. The molecule has 0 unspecified atom stereocenters. The summed E-state index contributed by atoms with van der Waals surface area (Å²) < 4.78 is 21.6. The Labute approximate surface area is 192 Å². The number of hydrogen-bond acceptors (Lipinski definition) is 7. The molecule has 176 valence electrons. The normalized spacial score (nSPS) is 24.3. The van der Waals surface area contributed by atoms with Crippen LogP contribution in [0.1, 0.15) is 27.2 Å². The zero-order chi connectivity index (χ0) is 23.6. The van der Waals surface area contributed by atoms with Gasteiger partial charge in [-0.25, -0.2) is 0 Å². The largest absolute Gasteiger partial charge is 0.495 e. The van der Waals surface area contributed by atoms with E-state index >= 15 is 0 Å². The van der Waals surface area contributed by atoms with E-state index < -0.39 is 18.0 Å². The highest BCUT2D eigenvalue weighted by Gasteiger charge is 2.39. The maximum absolute atomic E-state index is 12.7. The van der Waals surface area contributed by atoms with Gasteiger partial charge in [0.2, 0.25) is 5.91 Å². The van der Waals surface area contributed by atoms with Crippen molar-refractivity contribution in [2.75, 3.05) is 38.8 Å². The third-order valence-electron chi connectivity index (χ3n) is 5.57. The molecule has 0 N–H and O–H groups in total. The summed E-state index contributed by atoms with van der Waals surface area (Å²) in [5, 5.41) is 0.315. The third-order valence-corrected chi connectivity index (χ3v) is 5.87. The molecule has 2 amide bonds. The molecule has 1 aromatic carbocycles. The van der Waals surface area contributed by atoms with Gasteiger partial charge in [0.15, 0.2) is 6.10 Å². The van der Waals surface area contributed by atoms with E-state index in [4.69, 9.17) is 30.5 Å². The second-order valence-corrected chi connectivity index (χ2v) is 8.55. The number of ether oxygens (including phenoxy) is 4. The second kappa shape index (κ2) is 9.95. The van der Waals surface area contributed by atoms with E-state index in [1.54, 1.807) is 24.0 Å². The van der Waals surface area contributed by atoms with Crippen molar-refractivity contribution in [3.63, 3.8) is 0 Å². The average molecular weight is 469 g/mol. The van der Waals surface area contributed by atoms with Gasteiger partial charge in [0.25, 0.3) is 5.91 Å². The topological polar surface area (TPSA) is 94.6 Å². The summed E-state index contributed by atoms with van der Waals surface area (Å²) in [6, 6.07) is 3.15. The molecule has 0 bridgehead atoms. The van der Waals surface area contributed by atoms with Crippen LogP contribution >= 0.6 is 11.6 Å². The first-order chi connectivity index (χ1) is 15.1. The average Bonchev–Trinajstić information content (AvgIpc) is 3.13. The van der Waals surface area contributed by atoms with Crippen LogP contribution in [0.15, 0.2) is 12.1 Å². The Morgan fingerprint density at radius 1 is 1.09 bits per heavy atom. The lowest BCUT2D eigenvalue weighted by atomic mass is 10.1. The van der Waals surface area contributed by atoms with Crippen molar-refractivity contribution in [1.29, 1.82) is 0 Å². The van der Waals surface area contributed by atoms with Crippen LogP contribution in [-0.2, 0) is 23.9 Å². The molecule has 2 heterocycles. The molecule has 0 saturated carbocycles. The standard InChI is InChI=1S/C22H29ClN2O7/c1-12-9-24(10-13(2)31-12)21(27)14(3)32-22(28)15-6-20(26)25(11-15)17-7-16(23)18(29-4)8-19(17)30-5/h7-8,12-15H,6,9-11H2,1-5H3/t12-,13+,14-,15+/m0/s1. The zero-order valence-electron chi connectivity index (χ0n) is 18.9. The van der Waals surface area contributed by atoms with Crippen LogP contribution < -0.4 is 14.4 Å². The van der Waals surface area contributed by atoms with E-state index in [9.17, 15) is 14.4 Å². The lowest BCUT2D eigenvalue weighted by molar-refractivity contribution is -0.166. The van der Waals surface area contributed by atoms with Crippen LogP contribution in [0.25, 0.3) is 0 Å². The summed E-state index contributed by atoms with van der Waals surface area (Å²) in [6.07, 6.45) is -1.15. The monoisotopic (exact) mass is 468 g/mol.